The van der Waals surface area contributed by atoms with Gasteiger partial charge in [0.2, 0.25) is 0 Å². The van der Waals surface area contributed by atoms with Gasteiger partial charge in [-0.3, -0.25) is 9.80 Å². The minimum Gasteiger partial charge on any atom is -0.374 e. The van der Waals surface area contributed by atoms with Crippen molar-refractivity contribution in [3.8, 4) is 0 Å². The summed E-state index contributed by atoms with van der Waals surface area (Å²) in [5.41, 5.74) is 1.28. The summed E-state index contributed by atoms with van der Waals surface area (Å²) in [6.07, 6.45) is 2.27. The number of aromatic nitrogens is 1. The predicted octanol–water partition coefficient (Wildman–Crippen LogP) is 1.62. The first-order valence-corrected chi connectivity index (χ1v) is 8.87. The van der Waals surface area contributed by atoms with Crippen LogP contribution in [0.25, 0.3) is 0 Å². The summed E-state index contributed by atoms with van der Waals surface area (Å²) in [6, 6.07) is 4.85. The maximum atomic E-state index is 5.98. The third-order valence-corrected chi connectivity index (χ3v) is 4.96. The fourth-order valence-electron chi connectivity index (χ4n) is 3.46. The van der Waals surface area contributed by atoms with Crippen LogP contribution >= 0.6 is 0 Å². The zero-order valence-electron chi connectivity index (χ0n) is 14.7. The summed E-state index contributed by atoms with van der Waals surface area (Å²) >= 11 is 0. The molecular weight excluding hydrogens is 288 g/mol. The van der Waals surface area contributed by atoms with Crippen molar-refractivity contribution in [2.45, 2.75) is 32.9 Å². The Morgan fingerprint density at radius 2 is 2.00 bits per heavy atom. The van der Waals surface area contributed by atoms with E-state index in [0.717, 1.165) is 58.2 Å². The van der Waals surface area contributed by atoms with Crippen LogP contribution in [0.5, 0.6) is 0 Å². The van der Waals surface area contributed by atoms with Gasteiger partial charge in [0.05, 0.1) is 12.7 Å². The van der Waals surface area contributed by atoms with Crippen molar-refractivity contribution >= 4 is 5.82 Å². The molecule has 1 atom stereocenters. The Kier molecular flexibility index (Phi) is 5.51. The van der Waals surface area contributed by atoms with E-state index >= 15 is 0 Å². The van der Waals surface area contributed by atoms with Gasteiger partial charge in [-0.25, -0.2) is 4.98 Å². The molecule has 128 valence electrons. The first-order chi connectivity index (χ1) is 11.1. The van der Waals surface area contributed by atoms with Crippen LogP contribution in [0.15, 0.2) is 18.3 Å². The van der Waals surface area contributed by atoms with Gasteiger partial charge in [-0.15, -0.1) is 0 Å². The molecule has 1 aromatic rings. The number of rotatable bonds is 4. The summed E-state index contributed by atoms with van der Waals surface area (Å²) in [5, 5.41) is 0. The topological polar surface area (TPSA) is 31.8 Å². The van der Waals surface area contributed by atoms with Crippen LogP contribution in [0, 0.1) is 6.92 Å². The second-order valence-corrected chi connectivity index (χ2v) is 7.06. The van der Waals surface area contributed by atoms with Crippen molar-refractivity contribution in [2.24, 2.45) is 0 Å². The summed E-state index contributed by atoms with van der Waals surface area (Å²) in [4.78, 5) is 12.0. The highest BCUT2D eigenvalue weighted by atomic mass is 16.5. The molecule has 0 N–H and O–H groups in total. The van der Waals surface area contributed by atoms with E-state index in [1.165, 1.54) is 5.56 Å². The van der Waals surface area contributed by atoms with Crippen LogP contribution in [0.3, 0.4) is 0 Å². The Morgan fingerprint density at radius 3 is 2.70 bits per heavy atom. The molecule has 0 aliphatic carbocycles. The Bertz CT molecular complexity index is 500. The fraction of sp³-hybridized carbons (Fsp3) is 0.722. The van der Waals surface area contributed by atoms with E-state index in [1.54, 1.807) is 0 Å². The van der Waals surface area contributed by atoms with E-state index in [2.05, 4.69) is 52.6 Å². The lowest BCUT2D eigenvalue weighted by molar-refractivity contribution is -0.0525. The van der Waals surface area contributed by atoms with Crippen LogP contribution in [0.1, 0.15) is 19.4 Å². The van der Waals surface area contributed by atoms with Crippen molar-refractivity contribution in [2.75, 3.05) is 57.3 Å². The van der Waals surface area contributed by atoms with Crippen molar-refractivity contribution in [1.29, 1.82) is 0 Å². The van der Waals surface area contributed by atoms with Crippen molar-refractivity contribution in [3.63, 3.8) is 0 Å². The van der Waals surface area contributed by atoms with Crippen molar-refractivity contribution < 1.29 is 4.74 Å². The molecule has 2 saturated heterocycles. The lowest BCUT2D eigenvalue weighted by Gasteiger charge is -2.40. The van der Waals surface area contributed by atoms with Gasteiger partial charge < -0.3 is 9.64 Å². The van der Waals surface area contributed by atoms with Crippen LogP contribution in [0.4, 0.5) is 5.82 Å². The largest absolute Gasteiger partial charge is 0.374 e. The number of nitrogens with zero attached hydrogens (tertiary/aromatic N) is 4. The van der Waals surface area contributed by atoms with Crippen molar-refractivity contribution in [1.82, 2.24) is 14.8 Å². The molecule has 3 heterocycles. The highest BCUT2D eigenvalue weighted by molar-refractivity contribution is 5.41. The molecule has 0 amide bonds. The van der Waals surface area contributed by atoms with Gasteiger partial charge >= 0.3 is 0 Å². The number of ether oxygens (including phenoxy) is 1. The normalized spacial score (nSPS) is 24.3. The molecule has 5 nitrogen and oxygen atoms in total. The highest BCUT2D eigenvalue weighted by Crippen LogP contribution is 2.16. The molecule has 2 aliphatic heterocycles. The van der Waals surface area contributed by atoms with Gasteiger partial charge in [0.15, 0.2) is 0 Å². The third kappa shape index (κ3) is 4.43. The van der Waals surface area contributed by atoms with Gasteiger partial charge in [0.25, 0.3) is 0 Å². The van der Waals surface area contributed by atoms with Crippen LogP contribution < -0.4 is 4.90 Å². The summed E-state index contributed by atoms with van der Waals surface area (Å²) in [7, 11) is 0. The first kappa shape index (κ1) is 16.7. The number of morpholine rings is 1. The molecule has 1 aromatic heterocycles. The lowest BCUT2D eigenvalue weighted by Crippen LogP contribution is -2.53. The van der Waals surface area contributed by atoms with Crippen molar-refractivity contribution in [3.05, 3.63) is 23.9 Å². The second kappa shape index (κ2) is 7.60. The third-order valence-electron chi connectivity index (χ3n) is 4.96. The fourth-order valence-corrected chi connectivity index (χ4v) is 3.46. The molecule has 0 radical (unpaired) electrons. The van der Waals surface area contributed by atoms with E-state index in [9.17, 15) is 0 Å². The van der Waals surface area contributed by atoms with Crippen LogP contribution in [-0.4, -0.2) is 79.3 Å². The summed E-state index contributed by atoms with van der Waals surface area (Å²) in [5.74, 6) is 1.12. The van der Waals surface area contributed by atoms with E-state index in [0.29, 0.717) is 12.1 Å². The number of piperazine rings is 1. The number of hydrogen-bond acceptors (Lipinski definition) is 5. The Labute approximate surface area is 140 Å². The molecule has 2 aliphatic rings. The summed E-state index contributed by atoms with van der Waals surface area (Å²) < 4.78 is 5.98. The molecule has 0 saturated carbocycles. The molecule has 3 rings (SSSR count). The van der Waals surface area contributed by atoms with E-state index < -0.39 is 0 Å². The SMILES string of the molecule is Cc1ccnc(N2CCN(CC3CN(C(C)C)CCO3)CC2)c1. The molecule has 0 aromatic carbocycles. The molecule has 5 heteroatoms. The molecule has 2 fully saturated rings. The highest BCUT2D eigenvalue weighted by Gasteiger charge is 2.26. The van der Waals surface area contributed by atoms with E-state index in [-0.39, 0.29) is 0 Å². The first-order valence-electron chi connectivity index (χ1n) is 8.87. The molecule has 0 spiro atoms. The van der Waals surface area contributed by atoms with E-state index in [4.69, 9.17) is 4.74 Å². The van der Waals surface area contributed by atoms with Gasteiger partial charge in [-0.1, -0.05) is 0 Å². The van der Waals surface area contributed by atoms with Gasteiger partial charge in [-0.2, -0.15) is 0 Å². The van der Waals surface area contributed by atoms with Gasteiger partial charge in [0, 0.05) is 58.1 Å². The number of pyridine rings is 1. The van der Waals surface area contributed by atoms with Crippen LogP contribution in [0.2, 0.25) is 0 Å². The Hall–Kier alpha value is -1.17. The smallest absolute Gasteiger partial charge is 0.128 e. The molecule has 1 unspecified atom stereocenters. The average molecular weight is 318 g/mol. The Balaban J connectivity index is 1.47. The Morgan fingerprint density at radius 1 is 1.22 bits per heavy atom. The van der Waals surface area contributed by atoms with Gasteiger partial charge in [0.1, 0.15) is 5.82 Å². The quantitative estimate of drug-likeness (QED) is 0.842. The number of anilines is 1. The molecule has 23 heavy (non-hydrogen) atoms. The predicted molar refractivity (Wildman–Crippen MR) is 94.1 cm³/mol. The number of aryl methyl sites for hydroxylation is 1. The second-order valence-electron chi connectivity index (χ2n) is 7.06. The maximum absolute atomic E-state index is 5.98. The summed E-state index contributed by atoms with van der Waals surface area (Å²) in [6.45, 7) is 15.0. The molecule has 0 bridgehead atoms. The average Bonchev–Trinajstić information content (AvgIpc) is 2.56. The van der Waals surface area contributed by atoms with E-state index in [1.807, 2.05) is 6.20 Å². The monoisotopic (exact) mass is 318 g/mol. The standard InChI is InChI=1S/C18H30N4O/c1-15(2)22-10-11-23-17(14-22)13-20-6-8-21(9-7-20)18-12-16(3)4-5-19-18/h4-5,12,15,17H,6-11,13-14H2,1-3H3. The zero-order valence-corrected chi connectivity index (χ0v) is 14.7. The molecular formula is C18H30N4O. The maximum Gasteiger partial charge on any atom is 0.128 e. The minimum atomic E-state index is 0.356. The zero-order chi connectivity index (χ0) is 16.2. The van der Waals surface area contributed by atoms with Crippen LogP contribution in [-0.2, 0) is 4.74 Å². The van der Waals surface area contributed by atoms with Gasteiger partial charge in [-0.05, 0) is 38.5 Å². The number of hydrogen-bond donors (Lipinski definition) is 0. The minimum absolute atomic E-state index is 0.356. The lowest BCUT2D eigenvalue weighted by atomic mass is 10.2.